The lowest BCUT2D eigenvalue weighted by molar-refractivity contribution is 0.0865. The number of ether oxygens (including phenoxy) is 1. The Hall–Kier alpha value is -0.930. The molecule has 0 spiro atoms. The first-order valence-electron chi connectivity index (χ1n) is 7.18. The molecule has 18 heavy (non-hydrogen) atoms. The van der Waals surface area contributed by atoms with Crippen LogP contribution in [0.4, 0.5) is 0 Å². The number of fused-ring (bicyclic) bond motifs is 3. The highest BCUT2D eigenvalue weighted by Gasteiger charge is 2.46. The molecule has 1 aliphatic carbocycles. The van der Waals surface area contributed by atoms with Gasteiger partial charge in [-0.2, -0.15) is 0 Å². The van der Waals surface area contributed by atoms with Crippen molar-refractivity contribution < 1.29 is 4.74 Å². The summed E-state index contributed by atoms with van der Waals surface area (Å²) in [5, 5.41) is 0. The highest BCUT2D eigenvalue weighted by atomic mass is 16.5. The summed E-state index contributed by atoms with van der Waals surface area (Å²) in [5.41, 5.74) is 9.23. The van der Waals surface area contributed by atoms with Crippen LogP contribution in [0.3, 0.4) is 0 Å². The molecular weight excluding hydrogens is 224 g/mol. The molecule has 5 atom stereocenters. The molecule has 1 aromatic rings. The molecule has 2 fully saturated rings. The molecule has 0 radical (unpaired) electrons. The lowest BCUT2D eigenvalue weighted by atomic mass is 9.78. The second kappa shape index (κ2) is 4.04. The minimum Gasteiger partial charge on any atom is -0.375 e. The van der Waals surface area contributed by atoms with E-state index in [4.69, 9.17) is 10.5 Å². The van der Waals surface area contributed by atoms with Gasteiger partial charge < -0.3 is 10.5 Å². The maximum absolute atomic E-state index is 6.57. The summed E-state index contributed by atoms with van der Waals surface area (Å²) < 4.78 is 5.95. The average Bonchev–Trinajstić information content (AvgIpc) is 3.12. The quantitative estimate of drug-likeness (QED) is 0.865. The molecule has 2 aliphatic heterocycles. The van der Waals surface area contributed by atoms with Crippen molar-refractivity contribution in [1.29, 1.82) is 0 Å². The van der Waals surface area contributed by atoms with Gasteiger partial charge in [-0.1, -0.05) is 6.07 Å². The van der Waals surface area contributed by atoms with Crippen LogP contribution in [0.2, 0.25) is 0 Å². The second-order valence-electron chi connectivity index (χ2n) is 6.04. The number of aryl methyl sites for hydroxylation is 1. The smallest absolute Gasteiger partial charge is 0.0624 e. The molecule has 2 N–H and O–H groups in total. The van der Waals surface area contributed by atoms with Crippen LogP contribution in [0.5, 0.6) is 0 Å². The zero-order chi connectivity index (χ0) is 12.1. The topological polar surface area (TPSA) is 48.1 Å². The van der Waals surface area contributed by atoms with Gasteiger partial charge in [0.05, 0.1) is 12.2 Å². The highest BCUT2D eigenvalue weighted by Crippen LogP contribution is 2.45. The molecule has 4 rings (SSSR count). The van der Waals surface area contributed by atoms with Gasteiger partial charge in [-0.05, 0) is 43.7 Å². The zero-order valence-corrected chi connectivity index (χ0v) is 10.6. The fourth-order valence-corrected chi connectivity index (χ4v) is 4.20. The van der Waals surface area contributed by atoms with Gasteiger partial charge in [-0.25, -0.2) is 0 Å². The monoisotopic (exact) mass is 244 g/mol. The summed E-state index contributed by atoms with van der Waals surface area (Å²) in [4.78, 5) is 4.57. The van der Waals surface area contributed by atoms with Crippen molar-refractivity contribution in [3.05, 3.63) is 29.6 Å². The number of hydrogen-bond acceptors (Lipinski definition) is 3. The van der Waals surface area contributed by atoms with Gasteiger partial charge in [-0.3, -0.25) is 4.98 Å². The molecule has 3 nitrogen and oxygen atoms in total. The molecule has 2 bridgehead atoms. The van der Waals surface area contributed by atoms with Gasteiger partial charge in [0, 0.05) is 29.8 Å². The predicted octanol–water partition coefficient (Wildman–Crippen LogP) is 2.01. The SMILES string of the molecule is NC(C1CCc2cccnc21)C1CC2CCC1O2. The first kappa shape index (κ1) is 10.9. The molecule has 3 heteroatoms. The molecule has 1 aromatic heterocycles. The second-order valence-corrected chi connectivity index (χ2v) is 6.04. The van der Waals surface area contributed by atoms with Crippen molar-refractivity contribution in [1.82, 2.24) is 4.98 Å². The van der Waals surface area contributed by atoms with Crippen LogP contribution < -0.4 is 5.73 Å². The fraction of sp³-hybridized carbons (Fsp3) is 0.667. The first-order chi connectivity index (χ1) is 8.83. The normalized spacial score (nSPS) is 38.9. The van der Waals surface area contributed by atoms with E-state index in [9.17, 15) is 0 Å². The van der Waals surface area contributed by atoms with E-state index >= 15 is 0 Å². The van der Waals surface area contributed by atoms with E-state index in [0.717, 1.165) is 6.42 Å². The van der Waals surface area contributed by atoms with E-state index in [-0.39, 0.29) is 6.04 Å². The van der Waals surface area contributed by atoms with Gasteiger partial charge in [0.2, 0.25) is 0 Å². The Morgan fingerprint density at radius 2 is 2.28 bits per heavy atom. The van der Waals surface area contributed by atoms with Crippen LogP contribution in [-0.2, 0) is 11.2 Å². The van der Waals surface area contributed by atoms with Crippen molar-refractivity contribution in [2.24, 2.45) is 11.7 Å². The Bertz CT molecular complexity index is 462. The fourth-order valence-electron chi connectivity index (χ4n) is 4.20. The molecular formula is C15H20N2O. The standard InChI is InChI=1S/C15H20N2O/c16-14(12-8-10-4-6-13(12)18-10)11-5-3-9-2-1-7-17-15(9)11/h1-2,7,10-14H,3-6,8,16H2. The number of hydrogen-bond donors (Lipinski definition) is 1. The summed E-state index contributed by atoms with van der Waals surface area (Å²) in [6, 6.07) is 4.47. The molecule has 3 heterocycles. The van der Waals surface area contributed by atoms with Gasteiger partial charge in [-0.15, -0.1) is 0 Å². The predicted molar refractivity (Wildman–Crippen MR) is 69.3 cm³/mol. The van der Waals surface area contributed by atoms with Crippen LogP contribution in [0.15, 0.2) is 18.3 Å². The third-order valence-electron chi connectivity index (χ3n) is 5.11. The van der Waals surface area contributed by atoms with Crippen LogP contribution in [0.1, 0.15) is 42.9 Å². The van der Waals surface area contributed by atoms with Crippen LogP contribution in [0, 0.1) is 5.92 Å². The van der Waals surface area contributed by atoms with Crippen LogP contribution in [0.25, 0.3) is 0 Å². The van der Waals surface area contributed by atoms with Crippen molar-refractivity contribution in [3.8, 4) is 0 Å². The minimum atomic E-state index is 0.233. The number of nitrogens with zero attached hydrogens (tertiary/aromatic N) is 1. The van der Waals surface area contributed by atoms with Gasteiger partial charge in [0.25, 0.3) is 0 Å². The Balaban J connectivity index is 1.58. The number of aromatic nitrogens is 1. The molecule has 0 amide bonds. The van der Waals surface area contributed by atoms with Crippen molar-refractivity contribution in [2.45, 2.75) is 56.3 Å². The largest absolute Gasteiger partial charge is 0.375 e. The summed E-state index contributed by atoms with van der Waals surface area (Å²) in [7, 11) is 0. The Labute approximate surface area is 108 Å². The summed E-state index contributed by atoms with van der Waals surface area (Å²) in [5.74, 6) is 1.01. The lowest BCUT2D eigenvalue weighted by Gasteiger charge is -2.29. The third-order valence-corrected chi connectivity index (χ3v) is 5.11. The highest BCUT2D eigenvalue weighted by molar-refractivity contribution is 5.30. The molecule has 0 saturated carbocycles. The van der Waals surface area contributed by atoms with E-state index < -0.39 is 0 Å². The molecule has 96 valence electrons. The zero-order valence-electron chi connectivity index (χ0n) is 10.6. The summed E-state index contributed by atoms with van der Waals surface area (Å²) in [6.07, 6.45) is 8.77. The third kappa shape index (κ3) is 1.54. The minimum absolute atomic E-state index is 0.233. The van der Waals surface area contributed by atoms with Crippen molar-refractivity contribution in [3.63, 3.8) is 0 Å². The average molecular weight is 244 g/mol. The van der Waals surface area contributed by atoms with E-state index in [0.29, 0.717) is 24.0 Å². The van der Waals surface area contributed by atoms with E-state index in [2.05, 4.69) is 11.1 Å². The van der Waals surface area contributed by atoms with Crippen molar-refractivity contribution >= 4 is 0 Å². The molecule has 2 saturated heterocycles. The molecule has 5 unspecified atom stereocenters. The van der Waals surface area contributed by atoms with E-state index in [1.807, 2.05) is 12.3 Å². The van der Waals surface area contributed by atoms with Gasteiger partial charge >= 0.3 is 0 Å². The van der Waals surface area contributed by atoms with Crippen LogP contribution >= 0.6 is 0 Å². The maximum atomic E-state index is 6.57. The Kier molecular flexibility index (Phi) is 2.45. The number of nitrogens with two attached hydrogens (primary N) is 1. The maximum Gasteiger partial charge on any atom is 0.0624 e. The Morgan fingerprint density at radius 1 is 1.33 bits per heavy atom. The summed E-state index contributed by atoms with van der Waals surface area (Å²) >= 11 is 0. The molecule has 0 aromatic carbocycles. The Morgan fingerprint density at radius 3 is 3.06 bits per heavy atom. The number of pyridine rings is 1. The van der Waals surface area contributed by atoms with Crippen molar-refractivity contribution in [2.75, 3.05) is 0 Å². The van der Waals surface area contributed by atoms with Crippen LogP contribution in [-0.4, -0.2) is 23.2 Å². The van der Waals surface area contributed by atoms with E-state index in [1.54, 1.807) is 0 Å². The first-order valence-corrected chi connectivity index (χ1v) is 7.18. The van der Waals surface area contributed by atoms with E-state index in [1.165, 1.54) is 36.9 Å². The lowest BCUT2D eigenvalue weighted by Crippen LogP contribution is -2.40. The van der Waals surface area contributed by atoms with Gasteiger partial charge in [0.1, 0.15) is 0 Å². The summed E-state index contributed by atoms with van der Waals surface area (Å²) in [6.45, 7) is 0. The molecule has 3 aliphatic rings. The number of rotatable bonds is 2. The van der Waals surface area contributed by atoms with Gasteiger partial charge in [0.15, 0.2) is 0 Å².